The first-order chi connectivity index (χ1) is 5.95. The lowest BCUT2D eigenvalue weighted by molar-refractivity contribution is 0.414. The fourth-order valence-electron chi connectivity index (χ4n) is 1.17. The summed E-state index contributed by atoms with van der Waals surface area (Å²) in [5.41, 5.74) is 6.76. The molecule has 2 N–H and O–H groups in total. The molecular weight excluding hydrogens is 182 g/mol. The molecular formula is C10H17NOS. The van der Waals surface area contributed by atoms with Crippen molar-refractivity contribution in [3.8, 4) is 5.75 Å². The molecule has 0 aliphatic carbocycles. The van der Waals surface area contributed by atoms with Gasteiger partial charge in [-0.05, 0) is 37.0 Å². The summed E-state index contributed by atoms with van der Waals surface area (Å²) in [6.07, 6.45) is 6.66. The van der Waals surface area contributed by atoms with E-state index in [0.29, 0.717) is 0 Å². The summed E-state index contributed by atoms with van der Waals surface area (Å²) in [7, 11) is 0.903. The van der Waals surface area contributed by atoms with Gasteiger partial charge in [-0.25, -0.2) is 10.0 Å². The standard InChI is InChI=1S/C10H17NOS/c1-12-8-5-6-9(11)10(7-8)13(2,3)4/h5-7H,11H2,1-4H3. The van der Waals surface area contributed by atoms with E-state index in [9.17, 15) is 0 Å². The monoisotopic (exact) mass is 199 g/mol. The minimum absolute atomic E-state index is 0.771. The molecule has 13 heavy (non-hydrogen) atoms. The highest BCUT2D eigenvalue weighted by Gasteiger charge is 2.12. The molecule has 0 aliphatic rings. The number of ether oxygens (including phenoxy) is 1. The van der Waals surface area contributed by atoms with Crippen molar-refractivity contribution in [2.24, 2.45) is 0 Å². The van der Waals surface area contributed by atoms with Gasteiger partial charge < -0.3 is 10.5 Å². The van der Waals surface area contributed by atoms with Crippen molar-refractivity contribution in [1.29, 1.82) is 0 Å². The first-order valence-corrected chi connectivity index (χ1v) is 6.93. The molecule has 0 unspecified atom stereocenters. The molecule has 0 aromatic heterocycles. The Morgan fingerprint density at radius 3 is 2.31 bits per heavy atom. The summed E-state index contributed by atoms with van der Waals surface area (Å²) in [6, 6.07) is 5.83. The summed E-state index contributed by atoms with van der Waals surface area (Å²) >= 11 is 0. The number of hydrogen-bond donors (Lipinski definition) is 1. The normalized spacial score (nSPS) is 12.6. The van der Waals surface area contributed by atoms with Crippen molar-refractivity contribution < 1.29 is 4.74 Å². The van der Waals surface area contributed by atoms with Crippen molar-refractivity contribution in [2.75, 3.05) is 31.6 Å². The van der Waals surface area contributed by atoms with Crippen LogP contribution in [0.25, 0.3) is 0 Å². The first-order valence-electron chi connectivity index (χ1n) is 4.07. The molecule has 0 spiro atoms. The zero-order valence-electron chi connectivity index (χ0n) is 8.63. The average molecular weight is 199 g/mol. The van der Waals surface area contributed by atoms with Gasteiger partial charge in [-0.2, -0.15) is 0 Å². The highest BCUT2D eigenvalue weighted by molar-refractivity contribution is 8.32. The van der Waals surface area contributed by atoms with Crippen LogP contribution < -0.4 is 10.5 Å². The molecule has 0 saturated heterocycles. The Morgan fingerprint density at radius 2 is 1.85 bits per heavy atom. The van der Waals surface area contributed by atoms with Crippen molar-refractivity contribution in [3.05, 3.63) is 18.2 Å². The van der Waals surface area contributed by atoms with E-state index in [1.165, 1.54) is 4.90 Å². The minimum Gasteiger partial charge on any atom is -0.497 e. The van der Waals surface area contributed by atoms with Gasteiger partial charge in [0.15, 0.2) is 0 Å². The molecule has 0 aliphatic heterocycles. The molecule has 0 fully saturated rings. The van der Waals surface area contributed by atoms with Crippen molar-refractivity contribution in [3.63, 3.8) is 0 Å². The Hall–Kier alpha value is -0.830. The number of anilines is 1. The molecule has 0 atom stereocenters. The Balaban J connectivity index is 3.19. The Bertz CT molecular complexity index is 304. The van der Waals surface area contributed by atoms with E-state index < -0.39 is 10.0 Å². The van der Waals surface area contributed by atoms with Crippen LogP contribution in [0.2, 0.25) is 0 Å². The third-order valence-corrected chi connectivity index (χ3v) is 3.55. The van der Waals surface area contributed by atoms with E-state index in [0.717, 1.165) is 11.4 Å². The van der Waals surface area contributed by atoms with Crippen LogP contribution in [0.4, 0.5) is 5.69 Å². The van der Waals surface area contributed by atoms with Crippen LogP contribution in [0.1, 0.15) is 0 Å². The first kappa shape index (κ1) is 10.3. The van der Waals surface area contributed by atoms with Gasteiger partial charge in [-0.15, -0.1) is 0 Å². The van der Waals surface area contributed by atoms with E-state index in [4.69, 9.17) is 10.5 Å². The van der Waals surface area contributed by atoms with Crippen LogP contribution in [0, 0.1) is 0 Å². The van der Waals surface area contributed by atoms with E-state index in [1.54, 1.807) is 7.11 Å². The van der Waals surface area contributed by atoms with Gasteiger partial charge >= 0.3 is 0 Å². The van der Waals surface area contributed by atoms with E-state index in [1.807, 2.05) is 18.2 Å². The molecule has 2 nitrogen and oxygen atoms in total. The smallest absolute Gasteiger partial charge is 0.120 e. The second kappa shape index (κ2) is 3.50. The number of methoxy groups -OCH3 is 1. The molecule has 3 heteroatoms. The third kappa shape index (κ3) is 2.31. The van der Waals surface area contributed by atoms with Crippen LogP contribution in [0.3, 0.4) is 0 Å². The summed E-state index contributed by atoms with van der Waals surface area (Å²) < 4.78 is 5.16. The summed E-state index contributed by atoms with van der Waals surface area (Å²) in [4.78, 5) is 1.21. The molecule has 0 radical (unpaired) electrons. The average Bonchev–Trinajstić information content (AvgIpc) is 2.03. The van der Waals surface area contributed by atoms with Gasteiger partial charge in [0, 0.05) is 10.6 Å². The Morgan fingerprint density at radius 1 is 1.23 bits per heavy atom. The highest BCUT2D eigenvalue weighted by atomic mass is 32.3. The van der Waals surface area contributed by atoms with Crippen LogP contribution in [-0.2, 0) is 0 Å². The van der Waals surface area contributed by atoms with Gasteiger partial charge in [0.2, 0.25) is 0 Å². The zero-order chi connectivity index (χ0) is 10.1. The van der Waals surface area contributed by atoms with Gasteiger partial charge in [0.05, 0.1) is 7.11 Å². The number of benzene rings is 1. The lowest BCUT2D eigenvalue weighted by Crippen LogP contribution is -1.99. The number of nitrogens with two attached hydrogens (primary N) is 1. The van der Waals surface area contributed by atoms with Crippen LogP contribution >= 0.6 is 10.0 Å². The molecule has 0 bridgehead atoms. The summed E-state index contributed by atoms with van der Waals surface area (Å²) in [6.45, 7) is 0. The van der Waals surface area contributed by atoms with Gasteiger partial charge in [-0.1, -0.05) is 0 Å². The predicted molar refractivity (Wildman–Crippen MR) is 61.0 cm³/mol. The highest BCUT2D eigenvalue weighted by Crippen LogP contribution is 2.49. The molecule has 74 valence electrons. The van der Waals surface area contributed by atoms with Crippen molar-refractivity contribution in [2.45, 2.75) is 4.90 Å². The third-order valence-electron chi connectivity index (χ3n) is 1.88. The summed E-state index contributed by atoms with van der Waals surface area (Å²) in [5, 5.41) is 0. The molecule has 1 aromatic rings. The molecule has 0 amide bonds. The maximum Gasteiger partial charge on any atom is 0.120 e. The van der Waals surface area contributed by atoms with Gasteiger partial charge in [0.25, 0.3) is 0 Å². The van der Waals surface area contributed by atoms with Crippen molar-refractivity contribution in [1.82, 2.24) is 0 Å². The minimum atomic E-state index is -0.771. The lowest BCUT2D eigenvalue weighted by atomic mass is 10.3. The quantitative estimate of drug-likeness (QED) is 0.742. The second-order valence-electron chi connectivity index (χ2n) is 3.74. The molecule has 1 aromatic carbocycles. The number of rotatable bonds is 2. The van der Waals surface area contributed by atoms with E-state index in [-0.39, 0.29) is 0 Å². The topological polar surface area (TPSA) is 35.2 Å². The Labute approximate surface area is 81.4 Å². The second-order valence-corrected chi connectivity index (χ2v) is 7.85. The van der Waals surface area contributed by atoms with Gasteiger partial charge in [0.1, 0.15) is 5.75 Å². The van der Waals surface area contributed by atoms with E-state index in [2.05, 4.69) is 18.8 Å². The maximum absolute atomic E-state index is 5.90. The summed E-state index contributed by atoms with van der Waals surface area (Å²) in [5.74, 6) is 0.881. The Kier molecular flexibility index (Phi) is 2.76. The van der Waals surface area contributed by atoms with Gasteiger partial charge in [-0.3, -0.25) is 0 Å². The number of nitrogen functional groups attached to an aromatic ring is 1. The fraction of sp³-hybridized carbons (Fsp3) is 0.400. The molecule has 1 rings (SSSR count). The maximum atomic E-state index is 5.90. The van der Waals surface area contributed by atoms with E-state index >= 15 is 0 Å². The fourth-order valence-corrected chi connectivity index (χ4v) is 2.42. The lowest BCUT2D eigenvalue weighted by Gasteiger charge is -2.27. The van der Waals surface area contributed by atoms with Crippen LogP contribution in [-0.4, -0.2) is 25.9 Å². The number of hydrogen-bond acceptors (Lipinski definition) is 2. The zero-order valence-corrected chi connectivity index (χ0v) is 9.44. The largest absolute Gasteiger partial charge is 0.497 e. The predicted octanol–water partition coefficient (Wildman–Crippen LogP) is 2.33. The van der Waals surface area contributed by atoms with Crippen molar-refractivity contribution >= 4 is 15.7 Å². The molecule has 0 heterocycles. The molecule has 0 saturated carbocycles. The van der Waals surface area contributed by atoms with Crippen LogP contribution in [0.5, 0.6) is 5.75 Å². The SMILES string of the molecule is COc1ccc(N)c(S(C)(C)C)c1. The van der Waals surface area contributed by atoms with Crippen LogP contribution in [0.15, 0.2) is 23.1 Å².